The molecule has 2 aromatic rings. The van der Waals surface area contributed by atoms with Crippen molar-refractivity contribution in [1.82, 2.24) is 0 Å². The van der Waals surface area contributed by atoms with E-state index in [0.29, 0.717) is 30.8 Å². The van der Waals surface area contributed by atoms with Gasteiger partial charge in [-0.25, -0.2) is 4.79 Å². The Balaban J connectivity index is 0.000000461. The second-order valence-corrected chi connectivity index (χ2v) is 7.88. The van der Waals surface area contributed by atoms with Crippen LogP contribution in [0.1, 0.15) is 42.1 Å². The normalized spacial score (nSPS) is 11.0. The molecule has 2 rings (SSSR count). The van der Waals surface area contributed by atoms with Gasteiger partial charge in [0.15, 0.2) is 0 Å². The number of carbonyl (C=O) groups is 3. The molecular formula is C22H28BrN3O7. The first kappa shape index (κ1) is 27.9. The highest BCUT2D eigenvalue weighted by molar-refractivity contribution is 9.10. The number of aliphatic carboxylic acids is 1. The van der Waals surface area contributed by atoms with E-state index in [2.05, 4.69) is 21.2 Å². The number of carbonyl (C=O) groups excluding carboxylic acids is 1. The van der Waals surface area contributed by atoms with E-state index in [4.69, 9.17) is 26.4 Å². The minimum Gasteiger partial charge on any atom is -0.508 e. The molecule has 2 aromatic carbocycles. The van der Waals surface area contributed by atoms with Crippen molar-refractivity contribution in [2.24, 2.45) is 11.5 Å². The number of carboxylic acids is 2. The van der Waals surface area contributed by atoms with Gasteiger partial charge in [-0.3, -0.25) is 9.59 Å². The van der Waals surface area contributed by atoms with Crippen LogP contribution in [0.2, 0.25) is 0 Å². The summed E-state index contributed by atoms with van der Waals surface area (Å²) in [6, 6.07) is 8.68. The van der Waals surface area contributed by atoms with Crippen molar-refractivity contribution in [3.63, 3.8) is 0 Å². The van der Waals surface area contributed by atoms with E-state index in [1.807, 2.05) is 0 Å². The van der Waals surface area contributed by atoms with E-state index in [1.54, 1.807) is 24.3 Å². The molecule has 0 aliphatic carbocycles. The standard InChI is InChI=1S/C16H14BrNO5.C6H14N2O2/c1-9(19)23-15-7-12(3-4-13(15)16(21)22)18-8-10-6-11(17)2-5-14(10)20;7-4-2-1-3-5(8)6(9)10/h2-7,18,20H,8H2,1H3,(H,21,22);5H,1-4,7-8H2,(H,9,10). The van der Waals surface area contributed by atoms with E-state index >= 15 is 0 Å². The summed E-state index contributed by atoms with van der Waals surface area (Å²) < 4.78 is 5.75. The topological polar surface area (TPSA) is 185 Å². The van der Waals surface area contributed by atoms with Gasteiger partial charge in [-0.05, 0) is 49.7 Å². The van der Waals surface area contributed by atoms with Gasteiger partial charge in [-0.1, -0.05) is 22.4 Å². The number of phenols is 1. The monoisotopic (exact) mass is 525 g/mol. The quantitative estimate of drug-likeness (QED) is 0.153. The lowest BCUT2D eigenvalue weighted by Gasteiger charge is -2.11. The lowest BCUT2D eigenvalue weighted by Crippen LogP contribution is -2.29. The van der Waals surface area contributed by atoms with Gasteiger partial charge in [0.05, 0.1) is 0 Å². The third kappa shape index (κ3) is 10.3. The zero-order chi connectivity index (χ0) is 25.0. The number of nitrogens with one attached hydrogen (secondary N) is 1. The maximum atomic E-state index is 11.1. The molecule has 0 aromatic heterocycles. The molecule has 8 N–H and O–H groups in total. The van der Waals surface area contributed by atoms with Crippen LogP contribution in [0.4, 0.5) is 5.69 Å². The molecule has 10 nitrogen and oxygen atoms in total. The predicted octanol–water partition coefficient (Wildman–Crippen LogP) is 2.92. The van der Waals surface area contributed by atoms with Crippen LogP contribution >= 0.6 is 15.9 Å². The van der Waals surface area contributed by atoms with Crippen molar-refractivity contribution in [3.05, 3.63) is 52.0 Å². The SMILES string of the molecule is CC(=O)Oc1cc(NCc2cc(Br)ccc2O)ccc1C(=O)O.NCCCCC(N)C(=O)O. The number of halogens is 1. The van der Waals surface area contributed by atoms with Gasteiger partial charge in [0.1, 0.15) is 23.1 Å². The number of anilines is 1. The molecule has 0 radical (unpaired) electrons. The number of esters is 1. The van der Waals surface area contributed by atoms with Crippen LogP contribution < -0.4 is 21.5 Å². The highest BCUT2D eigenvalue weighted by atomic mass is 79.9. The van der Waals surface area contributed by atoms with Crippen LogP contribution in [0.3, 0.4) is 0 Å². The van der Waals surface area contributed by atoms with Crippen molar-refractivity contribution < 1.29 is 34.4 Å². The molecule has 33 heavy (non-hydrogen) atoms. The Bertz CT molecular complexity index is 969. The summed E-state index contributed by atoms with van der Waals surface area (Å²) in [4.78, 5) is 32.4. The highest BCUT2D eigenvalue weighted by Gasteiger charge is 2.14. The van der Waals surface area contributed by atoms with Crippen molar-refractivity contribution in [2.75, 3.05) is 11.9 Å². The third-order valence-electron chi connectivity index (χ3n) is 4.28. The van der Waals surface area contributed by atoms with E-state index in [-0.39, 0.29) is 17.1 Å². The molecule has 0 aliphatic heterocycles. The minimum absolute atomic E-state index is 0.0338. The van der Waals surface area contributed by atoms with Crippen LogP contribution in [-0.4, -0.2) is 45.8 Å². The molecule has 11 heteroatoms. The van der Waals surface area contributed by atoms with Crippen LogP contribution in [0.25, 0.3) is 0 Å². The van der Waals surface area contributed by atoms with Gasteiger partial charge in [-0.2, -0.15) is 0 Å². The summed E-state index contributed by atoms with van der Waals surface area (Å²) in [5.74, 6) is -2.61. The summed E-state index contributed by atoms with van der Waals surface area (Å²) in [5.41, 5.74) is 11.5. The molecule has 0 saturated heterocycles. The minimum atomic E-state index is -1.18. The highest BCUT2D eigenvalue weighted by Crippen LogP contribution is 2.26. The van der Waals surface area contributed by atoms with Gasteiger partial charge >= 0.3 is 17.9 Å². The van der Waals surface area contributed by atoms with Crippen LogP contribution in [0.5, 0.6) is 11.5 Å². The molecule has 0 amide bonds. The average Bonchev–Trinajstić information content (AvgIpc) is 2.74. The lowest BCUT2D eigenvalue weighted by atomic mass is 10.1. The third-order valence-corrected chi connectivity index (χ3v) is 4.77. The average molecular weight is 526 g/mol. The van der Waals surface area contributed by atoms with Crippen molar-refractivity contribution >= 4 is 39.5 Å². The number of rotatable bonds is 10. The Kier molecular flexibility index (Phi) is 11.9. The molecule has 1 atom stereocenters. The van der Waals surface area contributed by atoms with Crippen LogP contribution in [0.15, 0.2) is 40.9 Å². The van der Waals surface area contributed by atoms with E-state index in [9.17, 15) is 19.5 Å². The zero-order valence-corrected chi connectivity index (χ0v) is 19.7. The summed E-state index contributed by atoms with van der Waals surface area (Å²) >= 11 is 3.33. The number of nitrogens with two attached hydrogens (primary N) is 2. The van der Waals surface area contributed by atoms with Crippen LogP contribution in [-0.2, 0) is 16.1 Å². The maximum absolute atomic E-state index is 11.1. The van der Waals surface area contributed by atoms with Crippen molar-refractivity contribution in [3.8, 4) is 11.5 Å². The molecular weight excluding hydrogens is 498 g/mol. The second-order valence-electron chi connectivity index (χ2n) is 6.97. The first-order chi connectivity index (χ1) is 15.5. The lowest BCUT2D eigenvalue weighted by molar-refractivity contribution is -0.138. The van der Waals surface area contributed by atoms with Gasteiger partial charge in [0.25, 0.3) is 0 Å². The van der Waals surface area contributed by atoms with E-state index < -0.39 is 23.9 Å². The van der Waals surface area contributed by atoms with Gasteiger partial charge in [0.2, 0.25) is 0 Å². The van der Waals surface area contributed by atoms with Crippen molar-refractivity contribution in [1.29, 1.82) is 0 Å². The zero-order valence-electron chi connectivity index (χ0n) is 18.1. The Labute approximate surface area is 199 Å². The molecule has 180 valence electrons. The number of phenolic OH excluding ortho intramolecular Hbond substituents is 1. The molecule has 0 spiro atoms. The number of hydrogen-bond acceptors (Lipinski definition) is 8. The van der Waals surface area contributed by atoms with E-state index in [1.165, 1.54) is 19.1 Å². The van der Waals surface area contributed by atoms with Crippen molar-refractivity contribution in [2.45, 2.75) is 38.8 Å². The number of hydrogen-bond donors (Lipinski definition) is 6. The predicted molar refractivity (Wildman–Crippen MR) is 126 cm³/mol. The Morgan fingerprint density at radius 2 is 1.82 bits per heavy atom. The fourth-order valence-electron chi connectivity index (χ4n) is 2.57. The molecule has 0 saturated carbocycles. The summed E-state index contributed by atoms with van der Waals surface area (Å²) in [7, 11) is 0. The molecule has 0 fully saturated rings. The summed E-state index contributed by atoms with van der Waals surface area (Å²) in [6.07, 6.45) is 2.16. The maximum Gasteiger partial charge on any atom is 0.339 e. The summed E-state index contributed by atoms with van der Waals surface area (Å²) in [5, 5.41) is 30.3. The fourth-order valence-corrected chi connectivity index (χ4v) is 2.98. The van der Waals surface area contributed by atoms with E-state index in [0.717, 1.165) is 17.3 Å². The summed E-state index contributed by atoms with van der Waals surface area (Å²) in [6.45, 7) is 2.12. The Hall–Kier alpha value is -3.15. The molecule has 1 unspecified atom stereocenters. The van der Waals surface area contributed by atoms with Gasteiger partial charge in [0, 0.05) is 35.3 Å². The number of carboxylic acid groups (broad SMARTS) is 2. The number of aromatic hydroxyl groups is 1. The smallest absolute Gasteiger partial charge is 0.339 e. The molecule has 0 bridgehead atoms. The van der Waals surface area contributed by atoms with Crippen LogP contribution in [0, 0.1) is 0 Å². The number of ether oxygens (including phenoxy) is 1. The number of aromatic carboxylic acids is 1. The molecule has 0 aliphatic rings. The first-order valence-corrected chi connectivity index (χ1v) is 10.8. The Morgan fingerprint density at radius 3 is 2.39 bits per heavy atom. The fraction of sp³-hybridized carbons (Fsp3) is 0.318. The second kappa shape index (κ2) is 14.1. The largest absolute Gasteiger partial charge is 0.508 e. The molecule has 0 heterocycles. The first-order valence-electron chi connectivity index (χ1n) is 10.0. The number of benzene rings is 2. The Morgan fingerprint density at radius 1 is 1.12 bits per heavy atom. The number of unbranched alkanes of at least 4 members (excludes halogenated alkanes) is 1. The van der Waals surface area contributed by atoms with Gasteiger partial charge < -0.3 is 36.8 Å². The van der Waals surface area contributed by atoms with Gasteiger partial charge in [-0.15, -0.1) is 0 Å².